The maximum Gasteiger partial charge on any atom is 0.303 e. The lowest BCUT2D eigenvalue weighted by Gasteiger charge is -2.04. The van der Waals surface area contributed by atoms with Crippen LogP contribution in [0.4, 0.5) is 0 Å². The van der Waals surface area contributed by atoms with Crippen LogP contribution in [0.1, 0.15) is 18.4 Å². The molecule has 0 aliphatic rings. The van der Waals surface area contributed by atoms with Crippen LogP contribution < -0.4 is 5.32 Å². The highest BCUT2D eigenvalue weighted by Gasteiger charge is 1.96. The number of nitrogens with one attached hydrogen (secondary N) is 1. The summed E-state index contributed by atoms with van der Waals surface area (Å²) in [5, 5.41) is 11.7. The fourth-order valence-electron chi connectivity index (χ4n) is 1.37. The lowest BCUT2D eigenvalue weighted by atomic mass is 10.1. The lowest BCUT2D eigenvalue weighted by molar-refractivity contribution is -0.137. The Bertz CT molecular complexity index is 324. The van der Waals surface area contributed by atoms with Gasteiger partial charge in [-0.15, -0.1) is 0 Å². The Balaban J connectivity index is 2.07. The maximum atomic E-state index is 10.3. The maximum absolute atomic E-state index is 10.3. The third kappa shape index (κ3) is 5.88. The zero-order valence-corrected chi connectivity index (χ0v) is 10.7. The first-order valence-electron chi connectivity index (χ1n) is 5.35. The lowest BCUT2D eigenvalue weighted by Crippen LogP contribution is -2.19. The van der Waals surface area contributed by atoms with Crippen LogP contribution in [0.25, 0.3) is 0 Å². The summed E-state index contributed by atoms with van der Waals surface area (Å²) in [6.45, 7) is 1.66. The molecule has 1 aromatic carbocycles. The van der Waals surface area contributed by atoms with Crippen molar-refractivity contribution in [3.8, 4) is 0 Å². The average molecular weight is 286 g/mol. The van der Waals surface area contributed by atoms with Gasteiger partial charge in [0, 0.05) is 10.9 Å². The van der Waals surface area contributed by atoms with Crippen LogP contribution >= 0.6 is 15.9 Å². The predicted molar refractivity (Wildman–Crippen MR) is 67.6 cm³/mol. The van der Waals surface area contributed by atoms with E-state index in [-0.39, 0.29) is 6.42 Å². The molecule has 0 aromatic heterocycles. The van der Waals surface area contributed by atoms with Gasteiger partial charge in [-0.2, -0.15) is 0 Å². The number of hydrogen-bond acceptors (Lipinski definition) is 2. The van der Waals surface area contributed by atoms with Gasteiger partial charge in [-0.05, 0) is 43.6 Å². The Morgan fingerprint density at radius 2 is 1.94 bits per heavy atom. The van der Waals surface area contributed by atoms with Crippen molar-refractivity contribution in [2.45, 2.75) is 19.3 Å². The highest BCUT2D eigenvalue weighted by molar-refractivity contribution is 9.10. The predicted octanol–water partition coefficient (Wildman–Crippen LogP) is 2.45. The minimum atomic E-state index is -0.727. The molecule has 1 aromatic rings. The van der Waals surface area contributed by atoms with Crippen molar-refractivity contribution in [2.75, 3.05) is 13.1 Å². The monoisotopic (exact) mass is 285 g/mol. The van der Waals surface area contributed by atoms with Crippen LogP contribution in [0, 0.1) is 0 Å². The smallest absolute Gasteiger partial charge is 0.303 e. The van der Waals surface area contributed by atoms with Crippen molar-refractivity contribution >= 4 is 21.9 Å². The summed E-state index contributed by atoms with van der Waals surface area (Å²) in [6.07, 6.45) is 1.90. The summed E-state index contributed by atoms with van der Waals surface area (Å²) in [5.41, 5.74) is 1.29. The molecule has 1 rings (SSSR count). The molecular weight excluding hydrogens is 270 g/mol. The van der Waals surface area contributed by atoms with E-state index in [0.29, 0.717) is 6.42 Å². The number of benzene rings is 1. The van der Waals surface area contributed by atoms with E-state index in [0.717, 1.165) is 24.0 Å². The topological polar surface area (TPSA) is 49.3 Å². The van der Waals surface area contributed by atoms with Gasteiger partial charge in [0.25, 0.3) is 0 Å². The number of aliphatic carboxylic acids is 1. The Kier molecular flexibility index (Phi) is 6.11. The SMILES string of the molecule is O=C(O)CCCNCCc1ccc(Br)cc1. The molecule has 2 N–H and O–H groups in total. The van der Waals surface area contributed by atoms with Gasteiger partial charge in [0.15, 0.2) is 0 Å². The van der Waals surface area contributed by atoms with Gasteiger partial charge in [0.1, 0.15) is 0 Å². The van der Waals surface area contributed by atoms with Gasteiger partial charge >= 0.3 is 5.97 Å². The Morgan fingerprint density at radius 1 is 1.25 bits per heavy atom. The molecule has 0 heterocycles. The number of carboxylic acid groups (broad SMARTS) is 1. The summed E-state index contributed by atoms with van der Waals surface area (Å²) in [5.74, 6) is -0.727. The third-order valence-corrected chi connectivity index (χ3v) is 2.78. The molecule has 0 atom stereocenters. The number of rotatable bonds is 7. The summed E-state index contributed by atoms with van der Waals surface area (Å²) in [6, 6.07) is 8.23. The molecule has 0 aliphatic heterocycles. The summed E-state index contributed by atoms with van der Waals surface area (Å²) in [7, 11) is 0. The standard InChI is InChI=1S/C12H16BrNO2/c13-11-5-3-10(4-6-11)7-9-14-8-1-2-12(15)16/h3-6,14H,1-2,7-9H2,(H,15,16). The largest absolute Gasteiger partial charge is 0.481 e. The van der Waals surface area contributed by atoms with E-state index in [4.69, 9.17) is 5.11 Å². The summed E-state index contributed by atoms with van der Waals surface area (Å²) < 4.78 is 1.09. The molecule has 0 bridgehead atoms. The molecule has 0 saturated heterocycles. The van der Waals surface area contributed by atoms with Gasteiger partial charge < -0.3 is 10.4 Å². The van der Waals surface area contributed by atoms with Gasteiger partial charge in [-0.1, -0.05) is 28.1 Å². The minimum Gasteiger partial charge on any atom is -0.481 e. The molecular formula is C12H16BrNO2. The Hall–Kier alpha value is -0.870. The second-order valence-electron chi connectivity index (χ2n) is 3.62. The first-order valence-corrected chi connectivity index (χ1v) is 6.15. The number of carboxylic acids is 1. The van der Waals surface area contributed by atoms with Crippen LogP contribution in [0.15, 0.2) is 28.7 Å². The van der Waals surface area contributed by atoms with E-state index in [1.807, 2.05) is 12.1 Å². The van der Waals surface area contributed by atoms with Crippen LogP contribution in [0.3, 0.4) is 0 Å². The molecule has 0 amide bonds. The van der Waals surface area contributed by atoms with Crippen molar-refractivity contribution in [1.82, 2.24) is 5.32 Å². The normalized spacial score (nSPS) is 10.3. The van der Waals surface area contributed by atoms with E-state index in [1.165, 1.54) is 5.56 Å². The number of carbonyl (C=O) groups is 1. The van der Waals surface area contributed by atoms with Gasteiger partial charge in [-0.25, -0.2) is 0 Å². The highest BCUT2D eigenvalue weighted by Crippen LogP contribution is 2.10. The molecule has 0 aliphatic carbocycles. The van der Waals surface area contributed by atoms with Crippen molar-refractivity contribution in [3.63, 3.8) is 0 Å². The number of halogens is 1. The van der Waals surface area contributed by atoms with E-state index in [9.17, 15) is 4.79 Å². The molecule has 3 nitrogen and oxygen atoms in total. The zero-order chi connectivity index (χ0) is 11.8. The second kappa shape index (κ2) is 7.41. The molecule has 0 radical (unpaired) electrons. The first kappa shape index (κ1) is 13.2. The quantitative estimate of drug-likeness (QED) is 0.757. The highest BCUT2D eigenvalue weighted by atomic mass is 79.9. The van der Waals surface area contributed by atoms with E-state index in [1.54, 1.807) is 0 Å². The van der Waals surface area contributed by atoms with Crippen molar-refractivity contribution in [3.05, 3.63) is 34.3 Å². The van der Waals surface area contributed by atoms with Crippen molar-refractivity contribution < 1.29 is 9.90 Å². The van der Waals surface area contributed by atoms with Crippen molar-refractivity contribution in [2.24, 2.45) is 0 Å². The molecule has 0 spiro atoms. The zero-order valence-electron chi connectivity index (χ0n) is 9.08. The Morgan fingerprint density at radius 3 is 2.56 bits per heavy atom. The second-order valence-corrected chi connectivity index (χ2v) is 4.54. The molecule has 4 heteroatoms. The van der Waals surface area contributed by atoms with E-state index in [2.05, 4.69) is 33.4 Å². The van der Waals surface area contributed by atoms with Crippen LogP contribution in [-0.2, 0) is 11.2 Å². The minimum absolute atomic E-state index is 0.241. The fraction of sp³-hybridized carbons (Fsp3) is 0.417. The molecule has 16 heavy (non-hydrogen) atoms. The molecule has 88 valence electrons. The van der Waals surface area contributed by atoms with Crippen LogP contribution in [0.5, 0.6) is 0 Å². The van der Waals surface area contributed by atoms with E-state index < -0.39 is 5.97 Å². The van der Waals surface area contributed by atoms with Gasteiger partial charge in [0.2, 0.25) is 0 Å². The van der Waals surface area contributed by atoms with E-state index >= 15 is 0 Å². The Labute approximate surface area is 104 Å². The molecule has 0 unspecified atom stereocenters. The molecule has 0 fully saturated rings. The van der Waals surface area contributed by atoms with Crippen LogP contribution in [0.2, 0.25) is 0 Å². The first-order chi connectivity index (χ1) is 7.68. The fourth-order valence-corrected chi connectivity index (χ4v) is 1.64. The van der Waals surface area contributed by atoms with Gasteiger partial charge in [0.05, 0.1) is 0 Å². The average Bonchev–Trinajstić information content (AvgIpc) is 2.25. The third-order valence-electron chi connectivity index (χ3n) is 2.25. The summed E-state index contributed by atoms with van der Waals surface area (Å²) in [4.78, 5) is 10.3. The number of hydrogen-bond donors (Lipinski definition) is 2. The summed E-state index contributed by atoms with van der Waals surface area (Å²) >= 11 is 3.39. The van der Waals surface area contributed by atoms with Crippen molar-refractivity contribution in [1.29, 1.82) is 0 Å². The van der Waals surface area contributed by atoms with Gasteiger partial charge in [-0.3, -0.25) is 4.79 Å². The van der Waals surface area contributed by atoms with Crippen LogP contribution in [-0.4, -0.2) is 24.2 Å². The molecule has 0 saturated carbocycles.